The first-order chi connectivity index (χ1) is 5.84. The minimum atomic E-state index is -0.113. The Kier molecular flexibility index (Phi) is 3.52. The lowest BCUT2D eigenvalue weighted by molar-refractivity contribution is 0.750. The van der Waals surface area contributed by atoms with E-state index in [-0.39, 0.29) is 5.83 Å². The van der Waals surface area contributed by atoms with Crippen molar-refractivity contribution in [3.8, 4) is 0 Å². The number of unbranched alkanes of at least 4 members (excludes halogenated alkanes) is 1. The lowest BCUT2D eigenvalue weighted by Crippen LogP contribution is -1.76. The third-order valence-corrected chi connectivity index (χ3v) is 1.66. The van der Waals surface area contributed by atoms with Crippen LogP contribution >= 0.6 is 0 Å². The average molecular weight is 164 g/mol. The predicted octanol–water partition coefficient (Wildman–Crippen LogP) is 3.80. The topological polar surface area (TPSA) is 0 Å². The summed E-state index contributed by atoms with van der Waals surface area (Å²) in [5, 5.41) is 0. The first-order valence-electron chi connectivity index (χ1n) is 4.25. The zero-order valence-electron chi connectivity index (χ0n) is 7.26. The summed E-state index contributed by atoms with van der Waals surface area (Å²) in [6.07, 6.45) is 3.43. The van der Waals surface area contributed by atoms with Crippen molar-refractivity contribution in [3.63, 3.8) is 0 Å². The maximum absolute atomic E-state index is 13.2. The molecule has 0 amide bonds. The smallest absolute Gasteiger partial charge is 0.126 e. The molecule has 0 heterocycles. The van der Waals surface area contributed by atoms with Gasteiger partial charge in [-0.15, -0.1) is 0 Å². The van der Waals surface area contributed by atoms with Crippen LogP contribution in [0.1, 0.15) is 25.3 Å². The van der Waals surface area contributed by atoms with Gasteiger partial charge in [0.15, 0.2) is 0 Å². The van der Waals surface area contributed by atoms with Crippen LogP contribution in [0.5, 0.6) is 0 Å². The van der Waals surface area contributed by atoms with Crippen LogP contribution in [0, 0.1) is 0 Å². The Hall–Kier alpha value is -1.11. The molecule has 0 fully saturated rings. The fourth-order valence-electron chi connectivity index (χ4n) is 0.986. The summed E-state index contributed by atoms with van der Waals surface area (Å²) < 4.78 is 13.2. The van der Waals surface area contributed by atoms with Gasteiger partial charge in [0.25, 0.3) is 0 Å². The summed E-state index contributed by atoms with van der Waals surface area (Å²) in [7, 11) is 0. The fourth-order valence-corrected chi connectivity index (χ4v) is 0.986. The fraction of sp³-hybridized carbons (Fsp3) is 0.273. The van der Waals surface area contributed by atoms with Crippen molar-refractivity contribution in [1.29, 1.82) is 0 Å². The summed E-state index contributed by atoms with van der Waals surface area (Å²) in [6.45, 7) is 2.04. The Morgan fingerprint density at radius 2 is 2.00 bits per heavy atom. The van der Waals surface area contributed by atoms with Crippen molar-refractivity contribution in [2.75, 3.05) is 0 Å². The molecule has 0 aliphatic carbocycles. The second-order valence-corrected chi connectivity index (χ2v) is 2.71. The number of benzene rings is 1. The maximum atomic E-state index is 13.2. The molecular formula is C11H13F. The molecule has 12 heavy (non-hydrogen) atoms. The largest absolute Gasteiger partial charge is 0.207 e. The molecule has 0 nitrogen and oxygen atoms in total. The summed E-state index contributed by atoms with van der Waals surface area (Å²) in [4.78, 5) is 0. The van der Waals surface area contributed by atoms with Gasteiger partial charge in [-0.1, -0.05) is 43.7 Å². The van der Waals surface area contributed by atoms with Gasteiger partial charge in [0, 0.05) is 5.56 Å². The first-order valence-corrected chi connectivity index (χ1v) is 4.25. The SMILES string of the molecule is CCCC=C(F)c1ccccc1. The standard InChI is InChI=1S/C11H13F/c1-2-3-9-11(12)10-7-5-4-6-8-10/h4-9H,2-3H2,1H3. The zero-order valence-corrected chi connectivity index (χ0v) is 7.26. The van der Waals surface area contributed by atoms with Gasteiger partial charge in [-0.2, -0.15) is 0 Å². The van der Waals surface area contributed by atoms with Crippen LogP contribution in [0.15, 0.2) is 36.4 Å². The van der Waals surface area contributed by atoms with Gasteiger partial charge in [-0.05, 0) is 12.5 Å². The minimum absolute atomic E-state index is 0.113. The monoisotopic (exact) mass is 164 g/mol. The molecule has 0 aliphatic heterocycles. The zero-order chi connectivity index (χ0) is 8.81. The third kappa shape index (κ3) is 2.50. The van der Waals surface area contributed by atoms with E-state index < -0.39 is 0 Å². The van der Waals surface area contributed by atoms with E-state index in [1.54, 1.807) is 18.2 Å². The molecule has 0 saturated heterocycles. The number of rotatable bonds is 3. The lowest BCUT2D eigenvalue weighted by atomic mass is 10.2. The van der Waals surface area contributed by atoms with E-state index in [0.717, 1.165) is 12.8 Å². The van der Waals surface area contributed by atoms with Crippen LogP contribution in [0.25, 0.3) is 5.83 Å². The van der Waals surface area contributed by atoms with Gasteiger partial charge in [0.05, 0.1) is 0 Å². The van der Waals surface area contributed by atoms with Crippen molar-refractivity contribution in [1.82, 2.24) is 0 Å². The molecule has 0 aliphatic rings. The molecule has 0 radical (unpaired) electrons. The molecule has 1 rings (SSSR count). The molecule has 0 bridgehead atoms. The Labute approximate surface area is 72.7 Å². The molecule has 0 spiro atoms. The highest BCUT2D eigenvalue weighted by Gasteiger charge is 1.95. The summed E-state index contributed by atoms with van der Waals surface area (Å²) in [6, 6.07) is 9.13. The van der Waals surface area contributed by atoms with Gasteiger partial charge >= 0.3 is 0 Å². The summed E-state index contributed by atoms with van der Waals surface area (Å²) in [5.41, 5.74) is 0.672. The van der Waals surface area contributed by atoms with E-state index in [1.807, 2.05) is 25.1 Å². The number of allylic oxidation sites excluding steroid dienone is 1. The van der Waals surface area contributed by atoms with E-state index in [0.29, 0.717) is 5.56 Å². The van der Waals surface area contributed by atoms with Crippen molar-refractivity contribution in [2.45, 2.75) is 19.8 Å². The molecular weight excluding hydrogens is 151 g/mol. The van der Waals surface area contributed by atoms with Crippen molar-refractivity contribution in [3.05, 3.63) is 42.0 Å². The summed E-state index contributed by atoms with van der Waals surface area (Å²) >= 11 is 0. The number of halogens is 1. The minimum Gasteiger partial charge on any atom is -0.207 e. The Morgan fingerprint density at radius 3 is 2.58 bits per heavy atom. The van der Waals surface area contributed by atoms with Crippen LogP contribution in [-0.4, -0.2) is 0 Å². The van der Waals surface area contributed by atoms with Crippen LogP contribution in [0.3, 0.4) is 0 Å². The van der Waals surface area contributed by atoms with Gasteiger partial charge in [0.2, 0.25) is 0 Å². The lowest BCUT2D eigenvalue weighted by Gasteiger charge is -1.95. The van der Waals surface area contributed by atoms with Crippen molar-refractivity contribution >= 4 is 5.83 Å². The molecule has 0 N–H and O–H groups in total. The molecule has 64 valence electrons. The van der Waals surface area contributed by atoms with E-state index in [4.69, 9.17) is 0 Å². The Morgan fingerprint density at radius 1 is 1.33 bits per heavy atom. The highest BCUT2D eigenvalue weighted by molar-refractivity contribution is 5.58. The van der Waals surface area contributed by atoms with E-state index >= 15 is 0 Å². The van der Waals surface area contributed by atoms with Crippen LogP contribution in [-0.2, 0) is 0 Å². The van der Waals surface area contributed by atoms with Crippen LogP contribution in [0.2, 0.25) is 0 Å². The predicted molar refractivity (Wildman–Crippen MR) is 50.4 cm³/mol. The Bertz CT molecular complexity index is 249. The number of hydrogen-bond acceptors (Lipinski definition) is 0. The second-order valence-electron chi connectivity index (χ2n) is 2.71. The van der Waals surface area contributed by atoms with Gasteiger partial charge in [-0.3, -0.25) is 0 Å². The van der Waals surface area contributed by atoms with Gasteiger partial charge < -0.3 is 0 Å². The van der Waals surface area contributed by atoms with E-state index in [2.05, 4.69) is 0 Å². The van der Waals surface area contributed by atoms with Crippen LogP contribution < -0.4 is 0 Å². The summed E-state index contributed by atoms with van der Waals surface area (Å²) in [5.74, 6) is -0.113. The number of hydrogen-bond donors (Lipinski definition) is 0. The average Bonchev–Trinajstić information content (AvgIpc) is 2.15. The molecule has 0 saturated carbocycles. The quantitative estimate of drug-likeness (QED) is 0.637. The molecule has 0 aromatic heterocycles. The third-order valence-electron chi connectivity index (χ3n) is 1.66. The maximum Gasteiger partial charge on any atom is 0.126 e. The Balaban J connectivity index is 2.71. The van der Waals surface area contributed by atoms with E-state index in [1.165, 1.54) is 0 Å². The molecule has 1 aromatic carbocycles. The van der Waals surface area contributed by atoms with E-state index in [9.17, 15) is 4.39 Å². The molecule has 0 atom stereocenters. The molecule has 1 aromatic rings. The molecule has 1 heteroatoms. The highest BCUT2D eigenvalue weighted by atomic mass is 19.1. The second kappa shape index (κ2) is 4.70. The van der Waals surface area contributed by atoms with Crippen molar-refractivity contribution in [2.24, 2.45) is 0 Å². The highest BCUT2D eigenvalue weighted by Crippen LogP contribution is 2.15. The molecule has 0 unspecified atom stereocenters. The van der Waals surface area contributed by atoms with Gasteiger partial charge in [-0.25, -0.2) is 4.39 Å². The van der Waals surface area contributed by atoms with Crippen molar-refractivity contribution < 1.29 is 4.39 Å². The normalized spacial score (nSPS) is 11.7. The van der Waals surface area contributed by atoms with Gasteiger partial charge in [0.1, 0.15) is 5.83 Å². The van der Waals surface area contributed by atoms with Crippen LogP contribution in [0.4, 0.5) is 4.39 Å². The first kappa shape index (κ1) is 8.98.